The molecule has 0 radical (unpaired) electrons. The van der Waals surface area contributed by atoms with E-state index < -0.39 is 17.0 Å². The van der Waals surface area contributed by atoms with Gasteiger partial charge in [0.15, 0.2) is 6.10 Å². The van der Waals surface area contributed by atoms with Crippen molar-refractivity contribution in [2.24, 2.45) is 0 Å². The van der Waals surface area contributed by atoms with Crippen LogP contribution in [0.1, 0.15) is 44.6 Å². The first-order valence-corrected chi connectivity index (χ1v) is 9.04. The fourth-order valence-corrected chi connectivity index (χ4v) is 2.76. The van der Waals surface area contributed by atoms with Crippen molar-refractivity contribution in [2.45, 2.75) is 45.1 Å². The predicted octanol–water partition coefficient (Wildman–Crippen LogP) is 3.55. The summed E-state index contributed by atoms with van der Waals surface area (Å²) in [5, 5.41) is 13.4. The zero-order valence-corrected chi connectivity index (χ0v) is 15.3. The molecule has 0 spiro atoms. The highest BCUT2D eigenvalue weighted by atomic mass is 16.6. The summed E-state index contributed by atoms with van der Waals surface area (Å²) in [6.07, 6.45) is 9.48. The Labute approximate surface area is 158 Å². The minimum atomic E-state index is -0.889. The maximum atomic E-state index is 12.0. The molecule has 0 unspecified atom stereocenters. The summed E-state index contributed by atoms with van der Waals surface area (Å²) in [6.45, 7) is 2.05. The Hall–Kier alpha value is -2.96. The number of amides is 1. The number of nitro groups is 1. The largest absolute Gasteiger partial charge is 0.449 e. The van der Waals surface area contributed by atoms with Crippen molar-refractivity contribution in [1.82, 2.24) is 5.32 Å². The number of hydrogen-bond donors (Lipinski definition) is 1. The van der Waals surface area contributed by atoms with Crippen LogP contribution in [0, 0.1) is 10.1 Å². The first-order chi connectivity index (χ1) is 13.0. The molecule has 1 aromatic rings. The van der Waals surface area contributed by atoms with Gasteiger partial charge in [-0.25, -0.2) is 4.79 Å². The van der Waals surface area contributed by atoms with Crippen LogP contribution in [0.5, 0.6) is 0 Å². The third-order valence-corrected chi connectivity index (χ3v) is 4.31. The third-order valence-electron chi connectivity index (χ3n) is 4.31. The van der Waals surface area contributed by atoms with Gasteiger partial charge in [0.05, 0.1) is 4.92 Å². The molecule has 0 heterocycles. The second-order valence-electron chi connectivity index (χ2n) is 6.41. The lowest BCUT2D eigenvalue weighted by atomic mass is 9.97. The van der Waals surface area contributed by atoms with Gasteiger partial charge in [0, 0.05) is 24.8 Å². The van der Waals surface area contributed by atoms with Crippen molar-refractivity contribution in [1.29, 1.82) is 0 Å². The van der Waals surface area contributed by atoms with Gasteiger partial charge < -0.3 is 10.1 Å². The summed E-state index contributed by atoms with van der Waals surface area (Å²) in [5.41, 5.74) is 1.97. The number of nitrogens with zero attached hydrogens (tertiary/aromatic N) is 1. The predicted molar refractivity (Wildman–Crippen MR) is 102 cm³/mol. The molecule has 0 saturated heterocycles. The van der Waals surface area contributed by atoms with Crippen LogP contribution in [0.3, 0.4) is 0 Å². The van der Waals surface area contributed by atoms with Gasteiger partial charge in [-0.2, -0.15) is 0 Å². The van der Waals surface area contributed by atoms with Gasteiger partial charge in [-0.1, -0.05) is 11.6 Å². The summed E-state index contributed by atoms with van der Waals surface area (Å²) in [4.78, 5) is 33.9. The Balaban J connectivity index is 1.74. The second-order valence-corrected chi connectivity index (χ2v) is 6.41. The number of hydrogen-bond acceptors (Lipinski definition) is 5. The summed E-state index contributed by atoms with van der Waals surface area (Å²) in [6, 6.07) is 5.75. The molecule has 1 aliphatic rings. The van der Waals surface area contributed by atoms with Gasteiger partial charge >= 0.3 is 5.97 Å². The molecule has 0 aliphatic heterocycles. The van der Waals surface area contributed by atoms with E-state index in [2.05, 4.69) is 11.4 Å². The number of nitro benzene ring substituents is 1. The smallest absolute Gasteiger partial charge is 0.331 e. The number of ether oxygens (including phenoxy) is 1. The molecule has 27 heavy (non-hydrogen) atoms. The maximum absolute atomic E-state index is 12.0. The monoisotopic (exact) mass is 372 g/mol. The van der Waals surface area contributed by atoms with E-state index in [1.54, 1.807) is 0 Å². The molecule has 0 saturated carbocycles. The average molecular weight is 372 g/mol. The van der Waals surface area contributed by atoms with E-state index in [1.807, 2.05) is 0 Å². The Kier molecular flexibility index (Phi) is 7.73. The highest BCUT2D eigenvalue weighted by Crippen LogP contribution is 2.19. The Bertz CT molecular complexity index is 737. The first kappa shape index (κ1) is 20.4. The molecule has 1 aliphatic carbocycles. The molecule has 0 fully saturated rings. The van der Waals surface area contributed by atoms with Gasteiger partial charge in [0.2, 0.25) is 0 Å². The SMILES string of the molecule is C[C@@H](OC(=O)/C=C/c1ccc([N+](=O)[O-])cc1)C(=O)NCCC1=CCCCC1. The minimum absolute atomic E-state index is 0.0241. The van der Waals surface area contributed by atoms with Gasteiger partial charge in [-0.15, -0.1) is 0 Å². The van der Waals surface area contributed by atoms with E-state index >= 15 is 0 Å². The molecule has 1 atom stereocenters. The number of benzene rings is 1. The Morgan fingerprint density at radius 2 is 2.04 bits per heavy atom. The summed E-state index contributed by atoms with van der Waals surface area (Å²) in [7, 11) is 0. The van der Waals surface area contributed by atoms with E-state index in [0.29, 0.717) is 12.1 Å². The Morgan fingerprint density at radius 3 is 2.67 bits per heavy atom. The highest BCUT2D eigenvalue weighted by molar-refractivity contribution is 5.90. The van der Waals surface area contributed by atoms with E-state index in [9.17, 15) is 19.7 Å². The number of esters is 1. The zero-order chi connectivity index (χ0) is 19.6. The lowest BCUT2D eigenvalue weighted by Crippen LogP contribution is -2.36. The average Bonchev–Trinajstić information content (AvgIpc) is 2.67. The van der Waals surface area contributed by atoms with Crippen LogP contribution < -0.4 is 5.32 Å². The Morgan fingerprint density at radius 1 is 1.30 bits per heavy atom. The molecule has 0 aromatic heterocycles. The fraction of sp³-hybridized carbons (Fsp3) is 0.400. The molecule has 2 rings (SSSR count). The van der Waals surface area contributed by atoms with Crippen LogP contribution in [0.15, 0.2) is 42.0 Å². The quantitative estimate of drug-likeness (QED) is 0.247. The maximum Gasteiger partial charge on any atom is 0.331 e. The van der Waals surface area contributed by atoms with Crippen LogP contribution in [0.2, 0.25) is 0 Å². The van der Waals surface area contributed by atoms with Crippen molar-refractivity contribution < 1.29 is 19.2 Å². The summed E-state index contributed by atoms with van der Waals surface area (Å²) >= 11 is 0. The lowest BCUT2D eigenvalue weighted by molar-refractivity contribution is -0.384. The first-order valence-electron chi connectivity index (χ1n) is 9.04. The lowest BCUT2D eigenvalue weighted by Gasteiger charge is -2.15. The van der Waals surface area contributed by atoms with E-state index in [1.165, 1.54) is 61.8 Å². The standard InChI is InChI=1S/C20H24N2O5/c1-15(20(24)21-14-13-16-5-3-2-4-6-16)27-19(23)12-9-17-7-10-18(11-8-17)22(25)26/h5,7-12,15H,2-4,6,13-14H2,1H3,(H,21,24)/b12-9+/t15-/m1/s1. The van der Waals surface area contributed by atoms with Gasteiger partial charge in [-0.05, 0) is 62.8 Å². The number of non-ortho nitro benzene ring substituents is 1. The number of nitrogens with one attached hydrogen (secondary N) is 1. The number of carbonyl (C=O) groups is 2. The van der Waals surface area contributed by atoms with Crippen molar-refractivity contribution >= 4 is 23.6 Å². The molecular weight excluding hydrogens is 348 g/mol. The molecule has 7 nitrogen and oxygen atoms in total. The summed E-state index contributed by atoms with van der Waals surface area (Å²) < 4.78 is 5.08. The number of carbonyl (C=O) groups excluding carboxylic acids is 2. The van der Waals surface area contributed by atoms with Gasteiger partial charge in [0.1, 0.15) is 0 Å². The molecule has 1 aromatic carbocycles. The van der Waals surface area contributed by atoms with Crippen molar-refractivity contribution in [3.05, 3.63) is 57.7 Å². The number of allylic oxidation sites excluding steroid dienone is 1. The van der Waals surface area contributed by atoms with Gasteiger partial charge in [-0.3, -0.25) is 14.9 Å². The molecule has 144 valence electrons. The molecule has 1 amide bonds. The van der Waals surface area contributed by atoms with E-state index in [-0.39, 0.29) is 11.6 Å². The van der Waals surface area contributed by atoms with Crippen LogP contribution in [0.4, 0.5) is 5.69 Å². The summed E-state index contributed by atoms with van der Waals surface area (Å²) in [5.74, 6) is -0.977. The van der Waals surface area contributed by atoms with Crippen LogP contribution >= 0.6 is 0 Å². The number of rotatable bonds is 8. The molecule has 0 bridgehead atoms. The second kappa shape index (κ2) is 10.3. The normalized spacial score (nSPS) is 15.1. The topological polar surface area (TPSA) is 98.5 Å². The van der Waals surface area contributed by atoms with Crippen LogP contribution in [-0.2, 0) is 14.3 Å². The minimum Gasteiger partial charge on any atom is -0.449 e. The zero-order valence-electron chi connectivity index (χ0n) is 15.3. The third kappa shape index (κ3) is 7.05. The van der Waals surface area contributed by atoms with Crippen LogP contribution in [0.25, 0.3) is 6.08 Å². The van der Waals surface area contributed by atoms with Crippen molar-refractivity contribution in [2.75, 3.05) is 6.54 Å². The van der Waals surface area contributed by atoms with Crippen LogP contribution in [-0.4, -0.2) is 29.4 Å². The molecular formula is C20H24N2O5. The van der Waals surface area contributed by atoms with Crippen molar-refractivity contribution in [3.63, 3.8) is 0 Å². The van der Waals surface area contributed by atoms with E-state index in [4.69, 9.17) is 4.74 Å². The van der Waals surface area contributed by atoms with Gasteiger partial charge in [0.25, 0.3) is 11.6 Å². The molecule has 1 N–H and O–H groups in total. The fourth-order valence-electron chi connectivity index (χ4n) is 2.76. The van der Waals surface area contributed by atoms with E-state index in [0.717, 1.165) is 19.3 Å². The molecule has 7 heteroatoms. The van der Waals surface area contributed by atoms with Crippen molar-refractivity contribution in [3.8, 4) is 0 Å². The highest BCUT2D eigenvalue weighted by Gasteiger charge is 2.16.